The summed E-state index contributed by atoms with van der Waals surface area (Å²) in [5, 5.41) is 13.3. The molecule has 3 N–H and O–H groups in total. The van der Waals surface area contributed by atoms with E-state index < -0.39 is 23.4 Å². The number of nitrogens with zero attached hydrogens (tertiary/aromatic N) is 2. The van der Waals surface area contributed by atoms with Crippen molar-refractivity contribution in [1.82, 2.24) is 9.88 Å². The van der Waals surface area contributed by atoms with Crippen molar-refractivity contribution in [3.05, 3.63) is 87.5 Å². The number of halogens is 3. The second-order valence-electron chi connectivity index (χ2n) is 7.70. The maximum atomic E-state index is 14.8. The third-order valence-corrected chi connectivity index (χ3v) is 5.82. The van der Waals surface area contributed by atoms with E-state index in [-0.39, 0.29) is 35.9 Å². The first kappa shape index (κ1) is 26.0. The molecule has 1 aliphatic rings. The van der Waals surface area contributed by atoms with Gasteiger partial charge in [0.2, 0.25) is 0 Å². The molecular weight excluding hydrogens is 520 g/mol. The van der Waals surface area contributed by atoms with Gasteiger partial charge < -0.3 is 15.5 Å². The van der Waals surface area contributed by atoms with Gasteiger partial charge in [-0.05, 0) is 71.2 Å². The number of nitrogens with one attached hydrogen (secondary N) is 3. The fourth-order valence-electron chi connectivity index (χ4n) is 3.61. The van der Waals surface area contributed by atoms with Crippen molar-refractivity contribution in [3.63, 3.8) is 0 Å². The van der Waals surface area contributed by atoms with E-state index in [0.717, 1.165) is 44.1 Å². The van der Waals surface area contributed by atoms with Crippen LogP contribution < -0.4 is 10.6 Å². The topological polar surface area (TPSA) is 98.2 Å². The summed E-state index contributed by atoms with van der Waals surface area (Å²) in [4.78, 5) is 31.4. The molecule has 7 nitrogen and oxygen atoms in total. The molecular formula is C25H24BrF2N5O2. The number of pyridine rings is 1. The standard InChI is InChI=1S/C24H20BrF2N5O2.CH4/c25-15-4-8-21(29-13-15)31-24(34)18-12-16(26)5-7-20(18)30-23(33)17-6-3-14(11-19(17)27)22(28)32-9-1-2-10-32;/h3-8,11-13,28H,1-2,9-10H2,(H,30,33)(H,29,31,34);1H4. The first-order valence-electron chi connectivity index (χ1n) is 10.5. The molecule has 35 heavy (non-hydrogen) atoms. The van der Waals surface area contributed by atoms with E-state index in [2.05, 4.69) is 31.5 Å². The fraction of sp³-hybridized carbons (Fsp3) is 0.200. The molecule has 182 valence electrons. The lowest BCUT2D eigenvalue weighted by molar-refractivity contribution is 0.102. The van der Waals surface area contributed by atoms with E-state index in [1.807, 2.05) is 4.90 Å². The second-order valence-corrected chi connectivity index (χ2v) is 8.61. The molecule has 1 saturated heterocycles. The van der Waals surface area contributed by atoms with Crippen molar-refractivity contribution in [2.24, 2.45) is 0 Å². The van der Waals surface area contributed by atoms with Crippen molar-refractivity contribution in [2.75, 3.05) is 23.7 Å². The zero-order valence-corrected chi connectivity index (χ0v) is 19.5. The number of carbonyl (C=O) groups is 2. The Morgan fingerprint density at radius 2 is 1.66 bits per heavy atom. The van der Waals surface area contributed by atoms with Gasteiger partial charge in [-0.25, -0.2) is 13.8 Å². The first-order valence-corrected chi connectivity index (χ1v) is 11.3. The molecule has 10 heteroatoms. The number of aromatic nitrogens is 1. The van der Waals surface area contributed by atoms with Gasteiger partial charge in [-0.3, -0.25) is 15.0 Å². The van der Waals surface area contributed by atoms with Crippen LogP contribution in [0.3, 0.4) is 0 Å². The average Bonchev–Trinajstić information content (AvgIpc) is 3.36. The number of hydrogen-bond donors (Lipinski definition) is 3. The third kappa shape index (κ3) is 6.07. The lowest BCUT2D eigenvalue weighted by Crippen LogP contribution is -2.28. The van der Waals surface area contributed by atoms with Crippen LogP contribution in [0.25, 0.3) is 0 Å². The lowest BCUT2D eigenvalue weighted by Gasteiger charge is -2.19. The average molecular weight is 544 g/mol. The van der Waals surface area contributed by atoms with Gasteiger partial charge in [0.1, 0.15) is 23.3 Å². The lowest BCUT2D eigenvalue weighted by atomic mass is 10.1. The van der Waals surface area contributed by atoms with Gasteiger partial charge in [0.25, 0.3) is 11.8 Å². The molecule has 0 unspecified atom stereocenters. The summed E-state index contributed by atoms with van der Waals surface area (Å²) in [6, 6.07) is 10.5. The van der Waals surface area contributed by atoms with Crippen LogP contribution in [0, 0.1) is 17.0 Å². The van der Waals surface area contributed by atoms with Crippen LogP contribution in [-0.2, 0) is 0 Å². The van der Waals surface area contributed by atoms with Crippen LogP contribution in [0.2, 0.25) is 0 Å². The van der Waals surface area contributed by atoms with Crippen LogP contribution in [0.1, 0.15) is 46.5 Å². The van der Waals surface area contributed by atoms with E-state index >= 15 is 0 Å². The minimum Gasteiger partial charge on any atom is -0.357 e. The van der Waals surface area contributed by atoms with Gasteiger partial charge in [0.05, 0.1) is 16.8 Å². The largest absolute Gasteiger partial charge is 0.357 e. The molecule has 2 aromatic carbocycles. The fourth-order valence-corrected chi connectivity index (χ4v) is 3.84. The van der Waals surface area contributed by atoms with Crippen molar-refractivity contribution < 1.29 is 18.4 Å². The molecule has 4 rings (SSSR count). The summed E-state index contributed by atoms with van der Waals surface area (Å²) in [6.45, 7) is 1.49. The number of amides is 2. The molecule has 0 aliphatic carbocycles. The van der Waals surface area contributed by atoms with Crippen LogP contribution in [0.15, 0.2) is 59.2 Å². The number of carbonyl (C=O) groups excluding carboxylic acids is 2. The Hall–Kier alpha value is -3.66. The van der Waals surface area contributed by atoms with E-state index in [1.54, 1.807) is 12.1 Å². The van der Waals surface area contributed by atoms with Crippen LogP contribution in [0.5, 0.6) is 0 Å². The van der Waals surface area contributed by atoms with E-state index in [1.165, 1.54) is 24.4 Å². The second kappa shape index (κ2) is 11.2. The maximum absolute atomic E-state index is 14.8. The first-order chi connectivity index (χ1) is 16.3. The molecule has 0 spiro atoms. The highest BCUT2D eigenvalue weighted by atomic mass is 79.9. The molecule has 0 radical (unpaired) electrons. The molecule has 1 aliphatic heterocycles. The van der Waals surface area contributed by atoms with Gasteiger partial charge in [0, 0.05) is 29.3 Å². The molecule has 3 aromatic rings. The molecule has 0 atom stereocenters. The zero-order chi connectivity index (χ0) is 24.2. The van der Waals surface area contributed by atoms with Gasteiger partial charge in [-0.15, -0.1) is 0 Å². The summed E-state index contributed by atoms with van der Waals surface area (Å²) in [7, 11) is 0. The van der Waals surface area contributed by atoms with Crippen molar-refractivity contribution in [1.29, 1.82) is 5.41 Å². The highest BCUT2D eigenvalue weighted by Crippen LogP contribution is 2.22. The van der Waals surface area contributed by atoms with Gasteiger partial charge in [-0.1, -0.05) is 13.5 Å². The predicted octanol–water partition coefficient (Wildman–Crippen LogP) is 5.68. The van der Waals surface area contributed by atoms with Crippen molar-refractivity contribution >= 4 is 45.1 Å². The minimum absolute atomic E-state index is 0. The Morgan fingerprint density at radius 1 is 0.943 bits per heavy atom. The van der Waals surface area contributed by atoms with Gasteiger partial charge >= 0.3 is 0 Å². The molecule has 1 fully saturated rings. The Kier molecular flexibility index (Phi) is 8.29. The maximum Gasteiger partial charge on any atom is 0.259 e. The van der Waals surface area contributed by atoms with Gasteiger partial charge in [-0.2, -0.15) is 0 Å². The SMILES string of the molecule is C.N=C(c1ccc(C(=O)Nc2ccc(F)cc2C(=O)Nc2ccc(Br)cn2)c(F)c1)N1CCCC1. The molecule has 2 amide bonds. The summed E-state index contributed by atoms with van der Waals surface area (Å²) in [6.07, 6.45) is 3.45. The van der Waals surface area contributed by atoms with E-state index in [4.69, 9.17) is 5.41 Å². The Labute approximate surface area is 210 Å². The number of likely N-dealkylation sites (tertiary alicyclic amines) is 1. The number of amidine groups is 1. The Bertz CT molecular complexity index is 1260. The van der Waals surface area contributed by atoms with Crippen molar-refractivity contribution in [3.8, 4) is 0 Å². The number of anilines is 2. The van der Waals surface area contributed by atoms with Crippen molar-refractivity contribution in [2.45, 2.75) is 20.3 Å². The monoisotopic (exact) mass is 543 g/mol. The van der Waals surface area contributed by atoms with E-state index in [0.29, 0.717) is 10.0 Å². The summed E-state index contributed by atoms with van der Waals surface area (Å²) < 4.78 is 29.4. The van der Waals surface area contributed by atoms with Crippen LogP contribution >= 0.6 is 15.9 Å². The number of hydrogen-bond acceptors (Lipinski definition) is 4. The number of benzene rings is 2. The van der Waals surface area contributed by atoms with Gasteiger partial charge in [0.15, 0.2) is 0 Å². The number of rotatable bonds is 5. The molecule has 2 heterocycles. The summed E-state index contributed by atoms with van der Waals surface area (Å²) in [5.41, 5.74) is -0.0248. The zero-order valence-electron chi connectivity index (χ0n) is 17.9. The summed E-state index contributed by atoms with van der Waals surface area (Å²) in [5.74, 6) is -2.54. The molecule has 0 saturated carbocycles. The minimum atomic E-state index is -0.806. The molecule has 0 bridgehead atoms. The Morgan fingerprint density at radius 3 is 2.31 bits per heavy atom. The highest BCUT2D eigenvalue weighted by molar-refractivity contribution is 9.10. The van der Waals surface area contributed by atoms with Crippen LogP contribution in [-0.4, -0.2) is 40.6 Å². The quantitative estimate of drug-likeness (QED) is 0.284. The molecule has 1 aromatic heterocycles. The predicted molar refractivity (Wildman–Crippen MR) is 135 cm³/mol. The smallest absolute Gasteiger partial charge is 0.259 e. The Balaban J connectivity index is 0.00000342. The highest BCUT2D eigenvalue weighted by Gasteiger charge is 2.21. The summed E-state index contributed by atoms with van der Waals surface area (Å²) >= 11 is 3.25. The van der Waals surface area contributed by atoms with E-state index in [9.17, 15) is 18.4 Å². The van der Waals surface area contributed by atoms with Crippen LogP contribution in [0.4, 0.5) is 20.3 Å². The third-order valence-electron chi connectivity index (χ3n) is 5.35. The normalized spacial score (nSPS) is 12.6.